The Morgan fingerprint density at radius 1 is 0.947 bits per heavy atom. The average molecular weight is 257 g/mol. The van der Waals surface area contributed by atoms with Crippen LogP contribution in [0.1, 0.15) is 55.3 Å². The van der Waals surface area contributed by atoms with Gasteiger partial charge in [0, 0.05) is 11.6 Å². The summed E-state index contributed by atoms with van der Waals surface area (Å²) in [5.41, 5.74) is 0.792. The fourth-order valence-corrected chi connectivity index (χ4v) is 3.96. The number of fused-ring (bicyclic) bond motifs is 1. The number of hydrogen-bond donors (Lipinski definition) is 1. The van der Waals surface area contributed by atoms with Gasteiger partial charge in [-0.3, -0.25) is 4.79 Å². The van der Waals surface area contributed by atoms with Crippen molar-refractivity contribution >= 4 is 5.91 Å². The van der Waals surface area contributed by atoms with Crippen molar-refractivity contribution in [3.63, 3.8) is 0 Å². The molecule has 2 nitrogen and oxygen atoms in total. The largest absolute Gasteiger partial charge is 0.349 e. The van der Waals surface area contributed by atoms with E-state index in [-0.39, 0.29) is 5.91 Å². The molecule has 2 heteroatoms. The molecule has 1 aromatic carbocycles. The summed E-state index contributed by atoms with van der Waals surface area (Å²) in [6.45, 7) is 0. The smallest absolute Gasteiger partial charge is 0.251 e. The Hall–Kier alpha value is -1.31. The molecular weight excluding hydrogens is 234 g/mol. The quantitative estimate of drug-likeness (QED) is 0.858. The third-order valence-corrected chi connectivity index (χ3v) is 4.93. The lowest BCUT2D eigenvalue weighted by molar-refractivity contribution is 0.0823. The zero-order chi connectivity index (χ0) is 13.1. The molecule has 0 aromatic heterocycles. The summed E-state index contributed by atoms with van der Waals surface area (Å²) in [7, 11) is 0. The second-order valence-electron chi connectivity index (χ2n) is 6.09. The van der Waals surface area contributed by atoms with Crippen LogP contribution in [0.2, 0.25) is 0 Å². The first kappa shape index (κ1) is 12.7. The summed E-state index contributed by atoms with van der Waals surface area (Å²) in [4.78, 5) is 12.3. The van der Waals surface area contributed by atoms with Crippen molar-refractivity contribution in [3.05, 3.63) is 35.9 Å². The number of rotatable bonds is 2. The molecule has 0 bridgehead atoms. The molecule has 0 saturated heterocycles. The van der Waals surface area contributed by atoms with Crippen LogP contribution in [-0.4, -0.2) is 11.9 Å². The summed E-state index contributed by atoms with van der Waals surface area (Å²) in [6.07, 6.45) is 9.25. The number of hydrogen-bond acceptors (Lipinski definition) is 1. The van der Waals surface area contributed by atoms with E-state index in [9.17, 15) is 4.79 Å². The summed E-state index contributed by atoms with van der Waals surface area (Å²) in [5, 5.41) is 3.30. The molecule has 1 amide bonds. The maximum absolute atomic E-state index is 12.3. The lowest BCUT2D eigenvalue weighted by Gasteiger charge is -2.41. The molecule has 3 unspecified atom stereocenters. The first-order chi connectivity index (χ1) is 9.34. The molecule has 0 radical (unpaired) electrons. The van der Waals surface area contributed by atoms with Gasteiger partial charge in [-0.2, -0.15) is 0 Å². The SMILES string of the molecule is O=C(NC1CCCC2CCCCC21)c1ccccc1. The summed E-state index contributed by atoms with van der Waals surface area (Å²) in [5.74, 6) is 1.70. The summed E-state index contributed by atoms with van der Waals surface area (Å²) >= 11 is 0. The molecule has 2 aliphatic carbocycles. The molecule has 2 saturated carbocycles. The highest BCUT2D eigenvalue weighted by Crippen LogP contribution is 2.40. The van der Waals surface area contributed by atoms with Crippen LogP contribution in [-0.2, 0) is 0 Å². The van der Waals surface area contributed by atoms with Crippen LogP contribution >= 0.6 is 0 Å². The molecule has 19 heavy (non-hydrogen) atoms. The van der Waals surface area contributed by atoms with E-state index in [0.29, 0.717) is 6.04 Å². The first-order valence-electron chi connectivity index (χ1n) is 7.70. The van der Waals surface area contributed by atoms with Crippen LogP contribution < -0.4 is 5.32 Å². The predicted octanol–water partition coefficient (Wildman–Crippen LogP) is 3.78. The van der Waals surface area contributed by atoms with Crippen LogP contribution in [0.3, 0.4) is 0 Å². The number of carbonyl (C=O) groups is 1. The Morgan fingerprint density at radius 3 is 2.53 bits per heavy atom. The second-order valence-corrected chi connectivity index (χ2v) is 6.09. The minimum absolute atomic E-state index is 0.108. The number of nitrogens with one attached hydrogen (secondary N) is 1. The normalized spacial score (nSPS) is 30.4. The number of carbonyl (C=O) groups excluding carboxylic acids is 1. The van der Waals surface area contributed by atoms with Gasteiger partial charge in [0.15, 0.2) is 0 Å². The molecule has 1 N–H and O–H groups in total. The van der Waals surface area contributed by atoms with Gasteiger partial charge >= 0.3 is 0 Å². The molecule has 2 fully saturated rings. The standard InChI is InChI=1S/C17H23NO/c19-17(14-8-2-1-3-9-14)18-16-12-6-10-13-7-4-5-11-15(13)16/h1-3,8-9,13,15-16H,4-7,10-12H2,(H,18,19). The fraction of sp³-hybridized carbons (Fsp3) is 0.588. The highest BCUT2D eigenvalue weighted by atomic mass is 16.1. The van der Waals surface area contributed by atoms with E-state index in [2.05, 4.69) is 5.32 Å². The average Bonchev–Trinajstić information content (AvgIpc) is 2.48. The highest BCUT2D eigenvalue weighted by Gasteiger charge is 2.35. The van der Waals surface area contributed by atoms with Crippen LogP contribution in [0.15, 0.2) is 30.3 Å². The Balaban J connectivity index is 1.66. The summed E-state index contributed by atoms with van der Waals surface area (Å²) < 4.78 is 0. The van der Waals surface area contributed by atoms with Gasteiger partial charge in [-0.15, -0.1) is 0 Å². The van der Waals surface area contributed by atoms with Crippen molar-refractivity contribution in [1.82, 2.24) is 5.32 Å². The first-order valence-corrected chi connectivity index (χ1v) is 7.70. The van der Waals surface area contributed by atoms with Crippen molar-refractivity contribution < 1.29 is 4.79 Å². The lowest BCUT2D eigenvalue weighted by Crippen LogP contribution is -2.46. The molecule has 3 atom stereocenters. The van der Waals surface area contributed by atoms with E-state index in [1.54, 1.807) is 0 Å². The molecule has 102 valence electrons. The van der Waals surface area contributed by atoms with Gasteiger partial charge in [-0.1, -0.05) is 50.3 Å². The zero-order valence-electron chi connectivity index (χ0n) is 11.5. The van der Waals surface area contributed by atoms with E-state index >= 15 is 0 Å². The second kappa shape index (κ2) is 5.77. The Kier molecular flexibility index (Phi) is 3.86. The van der Waals surface area contributed by atoms with Crippen LogP contribution in [0.5, 0.6) is 0 Å². The molecule has 1 aromatic rings. The van der Waals surface area contributed by atoms with Gasteiger partial charge in [0.2, 0.25) is 0 Å². The van der Waals surface area contributed by atoms with E-state index in [1.807, 2.05) is 30.3 Å². The third-order valence-electron chi connectivity index (χ3n) is 4.93. The maximum Gasteiger partial charge on any atom is 0.251 e. The van der Waals surface area contributed by atoms with E-state index < -0.39 is 0 Å². The van der Waals surface area contributed by atoms with Gasteiger partial charge < -0.3 is 5.32 Å². The van der Waals surface area contributed by atoms with Crippen molar-refractivity contribution in [2.75, 3.05) is 0 Å². The third kappa shape index (κ3) is 2.83. The van der Waals surface area contributed by atoms with Gasteiger partial charge in [0.1, 0.15) is 0 Å². The molecular formula is C17H23NO. The fourth-order valence-electron chi connectivity index (χ4n) is 3.96. The summed E-state index contributed by atoms with van der Waals surface area (Å²) in [6, 6.07) is 10.0. The number of amides is 1. The van der Waals surface area contributed by atoms with E-state index in [4.69, 9.17) is 0 Å². The number of benzene rings is 1. The Morgan fingerprint density at radius 2 is 1.68 bits per heavy atom. The van der Waals surface area contributed by atoms with Crippen LogP contribution in [0.25, 0.3) is 0 Å². The minimum Gasteiger partial charge on any atom is -0.349 e. The molecule has 0 spiro atoms. The van der Waals surface area contributed by atoms with Crippen molar-refractivity contribution in [2.45, 2.75) is 51.0 Å². The zero-order valence-corrected chi connectivity index (χ0v) is 11.5. The predicted molar refractivity (Wildman–Crippen MR) is 77.0 cm³/mol. The Bertz CT molecular complexity index is 426. The van der Waals surface area contributed by atoms with E-state index in [1.165, 1.54) is 44.9 Å². The highest BCUT2D eigenvalue weighted by molar-refractivity contribution is 5.94. The minimum atomic E-state index is 0.108. The molecule has 2 aliphatic rings. The molecule has 0 aliphatic heterocycles. The molecule has 0 heterocycles. The lowest BCUT2D eigenvalue weighted by atomic mass is 9.68. The maximum atomic E-state index is 12.3. The monoisotopic (exact) mass is 257 g/mol. The van der Waals surface area contributed by atoms with Crippen molar-refractivity contribution in [2.24, 2.45) is 11.8 Å². The van der Waals surface area contributed by atoms with Crippen molar-refractivity contribution in [1.29, 1.82) is 0 Å². The van der Waals surface area contributed by atoms with Crippen molar-refractivity contribution in [3.8, 4) is 0 Å². The Labute approximate surface area is 115 Å². The van der Waals surface area contributed by atoms with E-state index in [0.717, 1.165) is 17.4 Å². The van der Waals surface area contributed by atoms with Gasteiger partial charge in [-0.05, 0) is 36.8 Å². The topological polar surface area (TPSA) is 29.1 Å². The van der Waals surface area contributed by atoms with Crippen LogP contribution in [0.4, 0.5) is 0 Å². The van der Waals surface area contributed by atoms with Gasteiger partial charge in [-0.25, -0.2) is 0 Å². The van der Waals surface area contributed by atoms with Gasteiger partial charge in [0.25, 0.3) is 5.91 Å². The van der Waals surface area contributed by atoms with Gasteiger partial charge in [0.05, 0.1) is 0 Å². The molecule has 3 rings (SSSR count). The van der Waals surface area contributed by atoms with Crippen LogP contribution in [0, 0.1) is 11.8 Å².